The van der Waals surface area contributed by atoms with Crippen LogP contribution in [0.3, 0.4) is 0 Å². The Morgan fingerprint density at radius 1 is 0.385 bits per heavy atom. The van der Waals surface area contributed by atoms with E-state index in [-0.39, 0.29) is 0 Å². The molecule has 3 heterocycles. The Hall–Kier alpha value is -6.62. The lowest BCUT2D eigenvalue weighted by atomic mass is 9.95. The van der Waals surface area contributed by atoms with Crippen molar-refractivity contribution in [3.8, 4) is 39.6 Å². The molecule has 0 spiro atoms. The Morgan fingerprint density at radius 2 is 0.865 bits per heavy atom. The van der Waals surface area contributed by atoms with Crippen molar-refractivity contribution in [2.75, 3.05) is 0 Å². The molecule has 11 rings (SSSR count). The third kappa shape index (κ3) is 4.31. The average Bonchev–Trinajstić information content (AvgIpc) is 3.86. The first-order valence-electron chi connectivity index (χ1n) is 17.6. The minimum absolute atomic E-state index is 0.705. The summed E-state index contributed by atoms with van der Waals surface area (Å²) in [5, 5.41) is 13.8. The van der Waals surface area contributed by atoms with Crippen molar-refractivity contribution in [1.29, 1.82) is 0 Å². The third-order valence-electron chi connectivity index (χ3n) is 10.5. The van der Waals surface area contributed by atoms with Crippen LogP contribution in [0.25, 0.3) is 104 Å². The van der Waals surface area contributed by atoms with Gasteiger partial charge in [0.2, 0.25) is 0 Å². The van der Waals surface area contributed by atoms with Crippen molar-refractivity contribution in [3.05, 3.63) is 175 Å². The maximum Gasteiger partial charge on any atom is 0.160 e. The summed E-state index contributed by atoms with van der Waals surface area (Å²) in [5.74, 6) is 0.705. The summed E-state index contributed by atoms with van der Waals surface area (Å²) in [4.78, 5) is 10.2. The first-order valence-corrected chi connectivity index (χ1v) is 18.5. The van der Waals surface area contributed by atoms with E-state index >= 15 is 0 Å². The van der Waals surface area contributed by atoms with Gasteiger partial charge in [-0.05, 0) is 63.3 Å². The molecule has 0 aliphatic heterocycles. The van der Waals surface area contributed by atoms with Gasteiger partial charge in [0.15, 0.2) is 5.82 Å². The molecule has 3 nitrogen and oxygen atoms in total. The van der Waals surface area contributed by atoms with E-state index in [2.05, 4.69) is 168 Å². The van der Waals surface area contributed by atoms with Crippen LogP contribution in [0.5, 0.6) is 0 Å². The van der Waals surface area contributed by atoms with Gasteiger partial charge in [-0.2, -0.15) is 0 Å². The monoisotopic (exact) mass is 679 g/mol. The van der Waals surface area contributed by atoms with Gasteiger partial charge < -0.3 is 4.57 Å². The number of hydrogen-bond acceptors (Lipinski definition) is 3. The normalized spacial score (nSPS) is 11.8. The zero-order chi connectivity index (χ0) is 34.2. The number of thiophene rings is 1. The molecule has 8 aromatic carbocycles. The molecular weight excluding hydrogens is 651 g/mol. The van der Waals surface area contributed by atoms with Gasteiger partial charge in [-0.15, -0.1) is 11.3 Å². The molecule has 4 heteroatoms. The van der Waals surface area contributed by atoms with E-state index in [9.17, 15) is 0 Å². The molecule has 0 N–H and O–H groups in total. The van der Waals surface area contributed by atoms with Crippen LogP contribution in [0.4, 0.5) is 0 Å². The van der Waals surface area contributed by atoms with Crippen LogP contribution in [0, 0.1) is 0 Å². The van der Waals surface area contributed by atoms with Gasteiger partial charge in [0.1, 0.15) is 0 Å². The zero-order valence-corrected chi connectivity index (χ0v) is 28.8. The molecule has 0 saturated carbocycles. The lowest BCUT2D eigenvalue weighted by Gasteiger charge is -2.14. The minimum Gasteiger partial charge on any atom is -0.308 e. The summed E-state index contributed by atoms with van der Waals surface area (Å²) in [6.45, 7) is 0. The largest absolute Gasteiger partial charge is 0.308 e. The highest BCUT2D eigenvalue weighted by Crippen LogP contribution is 2.48. The van der Waals surface area contributed by atoms with E-state index in [1.165, 1.54) is 64.2 Å². The molecule has 0 saturated heterocycles. The molecule has 0 bridgehead atoms. The minimum atomic E-state index is 0.705. The van der Waals surface area contributed by atoms with Crippen LogP contribution < -0.4 is 0 Å². The van der Waals surface area contributed by atoms with Crippen molar-refractivity contribution in [2.45, 2.75) is 0 Å². The van der Waals surface area contributed by atoms with E-state index in [0.717, 1.165) is 33.8 Å². The Balaban J connectivity index is 1.22. The quantitative estimate of drug-likeness (QED) is 0.173. The standard InChI is InChI=1S/C48H29N3S/c1-3-13-30(14-4-1)41-29-42(31-15-5-2-6-16-31)50-48(49-41)32-23-25-33(26-24-32)51-45-38-21-11-8-18-35(38)34-17-7-10-20-37(34)43(45)44-46(51)39-22-12-9-19-36(39)40-27-28-52-47(40)44/h1-29H. The lowest BCUT2D eigenvalue weighted by molar-refractivity contribution is 1.17. The van der Waals surface area contributed by atoms with Crippen molar-refractivity contribution in [3.63, 3.8) is 0 Å². The van der Waals surface area contributed by atoms with Crippen molar-refractivity contribution in [2.24, 2.45) is 0 Å². The van der Waals surface area contributed by atoms with Crippen molar-refractivity contribution >= 4 is 75.5 Å². The van der Waals surface area contributed by atoms with E-state index in [0.29, 0.717) is 5.82 Å². The Kier molecular flexibility index (Phi) is 6.42. The van der Waals surface area contributed by atoms with Crippen LogP contribution in [-0.2, 0) is 0 Å². The topological polar surface area (TPSA) is 30.7 Å². The van der Waals surface area contributed by atoms with Gasteiger partial charge in [-0.1, -0.05) is 133 Å². The molecular formula is C48H29N3S. The molecule has 0 atom stereocenters. The third-order valence-corrected chi connectivity index (χ3v) is 11.4. The van der Waals surface area contributed by atoms with Crippen LogP contribution >= 0.6 is 11.3 Å². The molecule has 242 valence electrons. The highest BCUT2D eigenvalue weighted by molar-refractivity contribution is 7.18. The summed E-state index contributed by atoms with van der Waals surface area (Å²) < 4.78 is 3.84. The summed E-state index contributed by atoms with van der Waals surface area (Å²) >= 11 is 1.84. The summed E-state index contributed by atoms with van der Waals surface area (Å²) in [6, 6.07) is 60.6. The number of aromatic nitrogens is 3. The molecule has 3 aromatic heterocycles. The fraction of sp³-hybridized carbons (Fsp3) is 0. The van der Waals surface area contributed by atoms with Gasteiger partial charge in [-0.3, -0.25) is 0 Å². The smallest absolute Gasteiger partial charge is 0.160 e. The van der Waals surface area contributed by atoms with Crippen molar-refractivity contribution < 1.29 is 0 Å². The van der Waals surface area contributed by atoms with E-state index in [1.54, 1.807) is 0 Å². The number of rotatable bonds is 4. The highest BCUT2D eigenvalue weighted by atomic mass is 32.1. The maximum absolute atomic E-state index is 5.12. The molecule has 0 aliphatic carbocycles. The summed E-state index contributed by atoms with van der Waals surface area (Å²) in [6.07, 6.45) is 0. The van der Waals surface area contributed by atoms with Crippen LogP contribution in [0.2, 0.25) is 0 Å². The zero-order valence-electron chi connectivity index (χ0n) is 28.0. The fourth-order valence-electron chi connectivity index (χ4n) is 8.17. The number of hydrogen-bond donors (Lipinski definition) is 0. The lowest BCUT2D eigenvalue weighted by Crippen LogP contribution is -1.98. The van der Waals surface area contributed by atoms with Gasteiger partial charge in [0.25, 0.3) is 0 Å². The first-order chi connectivity index (χ1) is 25.8. The fourth-order valence-corrected chi connectivity index (χ4v) is 9.14. The molecule has 52 heavy (non-hydrogen) atoms. The SMILES string of the molecule is c1ccc(-c2cc(-c3ccccc3)nc(-c3ccc(-n4c5c6ccccc6c6ccccc6c5c5c6sccc6c6ccccc6c54)cc3)n2)cc1. The Morgan fingerprint density at radius 3 is 1.46 bits per heavy atom. The summed E-state index contributed by atoms with van der Waals surface area (Å²) in [7, 11) is 0. The van der Waals surface area contributed by atoms with Gasteiger partial charge >= 0.3 is 0 Å². The number of nitrogens with zero attached hydrogens (tertiary/aromatic N) is 3. The molecule has 0 fully saturated rings. The van der Waals surface area contributed by atoms with Crippen LogP contribution in [0.15, 0.2) is 175 Å². The highest BCUT2D eigenvalue weighted by Gasteiger charge is 2.23. The number of fused-ring (bicyclic) bond motifs is 13. The van der Waals surface area contributed by atoms with Crippen LogP contribution in [-0.4, -0.2) is 14.5 Å². The molecule has 0 unspecified atom stereocenters. The summed E-state index contributed by atoms with van der Waals surface area (Å²) in [5.41, 5.74) is 8.49. The van der Waals surface area contributed by atoms with E-state index in [4.69, 9.17) is 9.97 Å². The maximum atomic E-state index is 5.12. The van der Waals surface area contributed by atoms with Gasteiger partial charge in [0, 0.05) is 54.0 Å². The van der Waals surface area contributed by atoms with Crippen LogP contribution in [0.1, 0.15) is 0 Å². The average molecular weight is 680 g/mol. The second-order valence-corrected chi connectivity index (χ2v) is 14.2. The van der Waals surface area contributed by atoms with Gasteiger partial charge in [0.05, 0.1) is 22.4 Å². The van der Waals surface area contributed by atoms with Crippen molar-refractivity contribution in [1.82, 2.24) is 14.5 Å². The second kappa shape index (κ2) is 11.5. The Bertz CT molecular complexity index is 3100. The first kappa shape index (κ1) is 29.1. The van der Waals surface area contributed by atoms with E-state index in [1.807, 2.05) is 23.5 Å². The predicted molar refractivity (Wildman–Crippen MR) is 221 cm³/mol. The predicted octanol–water partition coefficient (Wildman–Crippen LogP) is 13.2. The molecule has 0 radical (unpaired) electrons. The van der Waals surface area contributed by atoms with Gasteiger partial charge in [-0.25, -0.2) is 9.97 Å². The van der Waals surface area contributed by atoms with E-state index < -0.39 is 0 Å². The number of benzene rings is 8. The second-order valence-electron chi connectivity index (χ2n) is 13.3. The molecule has 0 amide bonds. The molecule has 11 aromatic rings. The molecule has 0 aliphatic rings. The Labute approximate surface area is 303 Å².